The van der Waals surface area contributed by atoms with Crippen LogP contribution in [0, 0.1) is 0 Å². The summed E-state index contributed by atoms with van der Waals surface area (Å²) in [6.07, 6.45) is 5.36. The van der Waals surface area contributed by atoms with E-state index in [0.29, 0.717) is 12.1 Å². The summed E-state index contributed by atoms with van der Waals surface area (Å²) in [6.45, 7) is 4.98. The summed E-state index contributed by atoms with van der Waals surface area (Å²) in [5, 5.41) is 6.85. The largest absolute Gasteiger partial charge is 0.383 e. The highest BCUT2D eigenvalue weighted by molar-refractivity contribution is 7.99. The number of nitrogens with one attached hydrogen (secondary N) is 2. The fraction of sp³-hybridized carbons (Fsp3) is 0.933. The highest BCUT2D eigenvalue weighted by atomic mass is 32.2. The van der Waals surface area contributed by atoms with Crippen molar-refractivity contribution in [3.63, 3.8) is 0 Å². The Kier molecular flexibility index (Phi) is 7.13. The summed E-state index contributed by atoms with van der Waals surface area (Å²) in [6, 6.07) is 0. The third-order valence-electron chi connectivity index (χ3n) is 4.62. The monoisotopic (exact) mass is 314 g/mol. The average Bonchev–Trinajstić information content (AvgIpc) is 3.02. The van der Waals surface area contributed by atoms with Gasteiger partial charge in [0.15, 0.2) is 5.96 Å². The molecule has 1 heterocycles. The van der Waals surface area contributed by atoms with Crippen molar-refractivity contribution in [3.8, 4) is 0 Å². The molecule has 0 spiro atoms. The number of aliphatic imine (C=N–C) groups is 1. The first-order chi connectivity index (χ1) is 10.3. The lowest BCUT2D eigenvalue weighted by atomic mass is 9.94. The standard InChI is InChI=1S/C15H30N4OS/c1-16-14(17-7-10-20-2)18-13-15(5-3-4-6-15)19-8-11-21-12-9-19/h3-13H2,1-2H3,(H2,16,17,18). The van der Waals surface area contributed by atoms with Crippen molar-refractivity contribution in [1.29, 1.82) is 0 Å². The number of guanidine groups is 1. The molecule has 1 saturated carbocycles. The molecule has 2 aliphatic rings. The van der Waals surface area contributed by atoms with Crippen molar-refractivity contribution in [2.75, 3.05) is 58.4 Å². The number of nitrogens with zero attached hydrogens (tertiary/aromatic N) is 2. The van der Waals surface area contributed by atoms with Gasteiger partial charge >= 0.3 is 0 Å². The fourth-order valence-corrected chi connectivity index (χ4v) is 4.32. The first-order valence-electron chi connectivity index (χ1n) is 8.07. The van der Waals surface area contributed by atoms with E-state index in [-0.39, 0.29) is 0 Å². The van der Waals surface area contributed by atoms with E-state index in [9.17, 15) is 0 Å². The molecule has 1 aliphatic heterocycles. The molecule has 0 radical (unpaired) electrons. The van der Waals surface area contributed by atoms with Crippen LogP contribution in [0.4, 0.5) is 0 Å². The van der Waals surface area contributed by atoms with Crippen molar-refractivity contribution in [2.24, 2.45) is 4.99 Å². The van der Waals surface area contributed by atoms with Crippen molar-refractivity contribution >= 4 is 17.7 Å². The Balaban J connectivity index is 1.87. The van der Waals surface area contributed by atoms with Gasteiger partial charge in [-0.05, 0) is 12.8 Å². The number of ether oxygens (including phenoxy) is 1. The summed E-state index contributed by atoms with van der Waals surface area (Å²) in [4.78, 5) is 7.04. The van der Waals surface area contributed by atoms with Crippen LogP contribution in [0.25, 0.3) is 0 Å². The second kappa shape index (κ2) is 8.86. The van der Waals surface area contributed by atoms with Crippen LogP contribution in [0.15, 0.2) is 4.99 Å². The lowest BCUT2D eigenvalue weighted by molar-refractivity contribution is 0.107. The van der Waals surface area contributed by atoms with Gasteiger partial charge in [0.2, 0.25) is 0 Å². The molecule has 0 amide bonds. The van der Waals surface area contributed by atoms with Crippen LogP contribution >= 0.6 is 11.8 Å². The van der Waals surface area contributed by atoms with Crippen LogP contribution in [-0.2, 0) is 4.74 Å². The Morgan fingerprint density at radius 3 is 2.57 bits per heavy atom. The molecule has 21 heavy (non-hydrogen) atoms. The third-order valence-corrected chi connectivity index (χ3v) is 5.57. The Morgan fingerprint density at radius 2 is 1.95 bits per heavy atom. The average molecular weight is 314 g/mol. The molecule has 1 saturated heterocycles. The molecule has 0 bridgehead atoms. The lowest BCUT2D eigenvalue weighted by Gasteiger charge is -2.43. The quantitative estimate of drug-likeness (QED) is 0.438. The Bertz CT molecular complexity index is 326. The van der Waals surface area contributed by atoms with Crippen molar-refractivity contribution in [2.45, 2.75) is 31.2 Å². The van der Waals surface area contributed by atoms with Gasteiger partial charge in [-0.3, -0.25) is 9.89 Å². The van der Waals surface area contributed by atoms with E-state index >= 15 is 0 Å². The van der Waals surface area contributed by atoms with Crippen molar-refractivity contribution in [3.05, 3.63) is 0 Å². The SMILES string of the molecule is CN=C(NCCOC)NCC1(N2CCSCC2)CCCC1. The summed E-state index contributed by atoms with van der Waals surface area (Å²) in [5.74, 6) is 3.45. The number of methoxy groups -OCH3 is 1. The number of thioether (sulfide) groups is 1. The fourth-order valence-electron chi connectivity index (χ4n) is 3.42. The third kappa shape index (κ3) is 4.76. The minimum absolute atomic E-state index is 0.347. The van der Waals surface area contributed by atoms with Gasteiger partial charge in [0, 0.05) is 57.4 Å². The normalized spacial score (nSPS) is 23.2. The summed E-state index contributed by atoms with van der Waals surface area (Å²) >= 11 is 2.09. The molecule has 2 N–H and O–H groups in total. The molecular formula is C15H30N4OS. The number of hydrogen-bond donors (Lipinski definition) is 2. The molecule has 0 unspecified atom stereocenters. The van der Waals surface area contributed by atoms with Gasteiger partial charge in [-0.15, -0.1) is 0 Å². The molecule has 2 rings (SSSR count). The topological polar surface area (TPSA) is 48.9 Å². The van der Waals surface area contributed by atoms with Gasteiger partial charge in [0.05, 0.1) is 6.61 Å². The van der Waals surface area contributed by atoms with Crippen LogP contribution in [0.5, 0.6) is 0 Å². The molecule has 0 atom stereocenters. The minimum Gasteiger partial charge on any atom is -0.383 e. The van der Waals surface area contributed by atoms with E-state index in [1.807, 2.05) is 7.05 Å². The summed E-state index contributed by atoms with van der Waals surface area (Å²) < 4.78 is 5.07. The molecule has 0 aromatic heterocycles. The molecular weight excluding hydrogens is 284 g/mol. The second-order valence-corrected chi connectivity index (χ2v) is 7.10. The smallest absolute Gasteiger partial charge is 0.191 e. The van der Waals surface area contributed by atoms with Gasteiger partial charge in [-0.25, -0.2) is 0 Å². The van der Waals surface area contributed by atoms with Crippen LogP contribution in [0.1, 0.15) is 25.7 Å². The van der Waals surface area contributed by atoms with E-state index < -0.39 is 0 Å². The molecule has 0 aromatic carbocycles. The molecule has 1 aliphatic carbocycles. The maximum Gasteiger partial charge on any atom is 0.191 e. The first kappa shape index (κ1) is 16.9. The van der Waals surface area contributed by atoms with E-state index in [1.54, 1.807) is 7.11 Å². The van der Waals surface area contributed by atoms with Gasteiger partial charge in [0.25, 0.3) is 0 Å². The van der Waals surface area contributed by atoms with E-state index in [0.717, 1.165) is 19.0 Å². The van der Waals surface area contributed by atoms with Crippen LogP contribution in [0.2, 0.25) is 0 Å². The van der Waals surface area contributed by atoms with E-state index in [2.05, 4.69) is 32.3 Å². The highest BCUT2D eigenvalue weighted by Crippen LogP contribution is 2.36. The molecule has 6 heteroatoms. The zero-order valence-electron chi connectivity index (χ0n) is 13.5. The van der Waals surface area contributed by atoms with Gasteiger partial charge in [-0.2, -0.15) is 11.8 Å². The van der Waals surface area contributed by atoms with Crippen LogP contribution < -0.4 is 10.6 Å². The Labute approximate surface area is 133 Å². The summed E-state index contributed by atoms with van der Waals surface area (Å²) in [5.41, 5.74) is 0.347. The van der Waals surface area contributed by atoms with Crippen molar-refractivity contribution in [1.82, 2.24) is 15.5 Å². The predicted molar refractivity (Wildman–Crippen MR) is 91.3 cm³/mol. The second-order valence-electron chi connectivity index (χ2n) is 5.88. The summed E-state index contributed by atoms with van der Waals surface area (Å²) in [7, 11) is 3.56. The molecule has 122 valence electrons. The lowest BCUT2D eigenvalue weighted by Crippen LogP contribution is -2.57. The van der Waals surface area contributed by atoms with Crippen LogP contribution in [-0.4, -0.2) is 74.8 Å². The number of rotatable bonds is 6. The van der Waals surface area contributed by atoms with Gasteiger partial charge < -0.3 is 15.4 Å². The Morgan fingerprint density at radius 1 is 1.24 bits per heavy atom. The highest BCUT2D eigenvalue weighted by Gasteiger charge is 2.39. The van der Waals surface area contributed by atoms with Crippen molar-refractivity contribution < 1.29 is 4.74 Å². The maximum absolute atomic E-state index is 5.07. The molecule has 2 fully saturated rings. The van der Waals surface area contributed by atoms with E-state index in [4.69, 9.17) is 4.74 Å². The predicted octanol–water partition coefficient (Wildman–Crippen LogP) is 1.16. The maximum atomic E-state index is 5.07. The molecule has 5 nitrogen and oxygen atoms in total. The zero-order valence-corrected chi connectivity index (χ0v) is 14.3. The number of hydrogen-bond acceptors (Lipinski definition) is 4. The van der Waals surface area contributed by atoms with E-state index in [1.165, 1.54) is 50.3 Å². The van der Waals surface area contributed by atoms with Gasteiger partial charge in [0.1, 0.15) is 0 Å². The first-order valence-corrected chi connectivity index (χ1v) is 9.22. The zero-order chi connectivity index (χ0) is 15.0. The van der Waals surface area contributed by atoms with Crippen LogP contribution in [0.3, 0.4) is 0 Å². The minimum atomic E-state index is 0.347. The van der Waals surface area contributed by atoms with Gasteiger partial charge in [-0.1, -0.05) is 12.8 Å². The molecule has 0 aromatic rings. The Hall–Kier alpha value is -0.460.